The van der Waals surface area contributed by atoms with E-state index in [1.807, 2.05) is 12.2 Å². The van der Waals surface area contributed by atoms with E-state index in [2.05, 4.69) is 53.7 Å². The highest BCUT2D eigenvalue weighted by Gasteiger charge is 2.68. The largest absolute Gasteiger partial charge is 0.385 e. The number of carbonyl (C=O) groups is 1. The smallest absolute Gasteiger partial charge is 0.136 e. The summed E-state index contributed by atoms with van der Waals surface area (Å²) >= 11 is 0. The summed E-state index contributed by atoms with van der Waals surface area (Å²) in [6, 6.07) is 0. The Labute approximate surface area is 195 Å². The molecule has 0 heterocycles. The van der Waals surface area contributed by atoms with Crippen LogP contribution in [0.1, 0.15) is 92.9 Å². The molecule has 180 valence electrons. The van der Waals surface area contributed by atoms with Crippen molar-refractivity contribution < 1.29 is 15.0 Å². The quantitative estimate of drug-likeness (QED) is 0.506. The number of hydrogen-bond donors (Lipinski definition) is 2. The van der Waals surface area contributed by atoms with Crippen molar-refractivity contribution in [3.05, 3.63) is 24.3 Å². The second-order valence-corrected chi connectivity index (χ2v) is 12.7. The molecule has 0 spiro atoms. The van der Waals surface area contributed by atoms with Crippen LogP contribution in [0.2, 0.25) is 0 Å². The van der Waals surface area contributed by atoms with Crippen LogP contribution in [0.5, 0.6) is 0 Å². The monoisotopic (exact) mass is 442 g/mol. The molecule has 32 heavy (non-hydrogen) atoms. The first-order valence-corrected chi connectivity index (χ1v) is 13.3. The van der Waals surface area contributed by atoms with Crippen LogP contribution in [0.3, 0.4) is 0 Å². The van der Waals surface area contributed by atoms with E-state index in [-0.39, 0.29) is 29.5 Å². The maximum absolute atomic E-state index is 12.2. The standard InChI is InChI=1S/C29H46O3/c1-7-21(19(2)3)9-8-20(4)23-10-11-24-26(23,5)14-13-25-27(6)15-12-22(30)18-28(27,31)16-17-29(24,25)32/h8-9,16-17,19-21,23-25,31-32H,7,10-15,18H2,1-6H3. The third kappa shape index (κ3) is 3.40. The third-order valence-electron chi connectivity index (χ3n) is 10.9. The molecule has 4 rings (SSSR count). The molecular weight excluding hydrogens is 396 g/mol. The highest BCUT2D eigenvalue weighted by Crippen LogP contribution is 2.68. The number of allylic oxidation sites excluding steroid dienone is 2. The fraction of sp³-hybridized carbons (Fsp3) is 0.828. The van der Waals surface area contributed by atoms with Crippen LogP contribution in [0.15, 0.2) is 24.3 Å². The normalized spacial score (nSPS) is 47.9. The molecule has 0 aromatic carbocycles. The van der Waals surface area contributed by atoms with Gasteiger partial charge in [-0.05, 0) is 73.5 Å². The molecule has 0 aromatic heterocycles. The van der Waals surface area contributed by atoms with E-state index in [9.17, 15) is 15.0 Å². The molecular formula is C29H46O3. The predicted octanol–water partition coefficient (Wildman–Crippen LogP) is 6.09. The SMILES string of the molecule is CCC(C=CC(C)C1CCC2C3(O)C=CC4(O)CC(=O)CCC4(C)C3CCC12C)C(C)C. The zero-order chi connectivity index (χ0) is 23.5. The van der Waals surface area contributed by atoms with Gasteiger partial charge < -0.3 is 10.2 Å². The van der Waals surface area contributed by atoms with Crippen molar-refractivity contribution in [1.29, 1.82) is 0 Å². The van der Waals surface area contributed by atoms with Gasteiger partial charge in [0.25, 0.3) is 0 Å². The van der Waals surface area contributed by atoms with E-state index in [0.29, 0.717) is 36.5 Å². The van der Waals surface area contributed by atoms with Gasteiger partial charge in [-0.1, -0.05) is 65.8 Å². The molecule has 0 bridgehead atoms. The molecule has 3 nitrogen and oxygen atoms in total. The van der Waals surface area contributed by atoms with Gasteiger partial charge in [-0.2, -0.15) is 0 Å². The summed E-state index contributed by atoms with van der Waals surface area (Å²) in [6.07, 6.45) is 15.5. The lowest BCUT2D eigenvalue weighted by Gasteiger charge is -2.64. The average Bonchev–Trinajstić information content (AvgIpc) is 3.08. The maximum Gasteiger partial charge on any atom is 0.136 e. The first-order valence-electron chi connectivity index (χ1n) is 13.3. The van der Waals surface area contributed by atoms with Gasteiger partial charge in [0, 0.05) is 24.2 Å². The lowest BCUT2D eigenvalue weighted by Crippen LogP contribution is -2.67. The number of hydrogen-bond acceptors (Lipinski definition) is 3. The van der Waals surface area contributed by atoms with Crippen molar-refractivity contribution in [2.45, 2.75) is 104 Å². The maximum atomic E-state index is 12.2. The molecule has 2 N–H and O–H groups in total. The molecule has 9 atom stereocenters. The summed E-state index contributed by atoms with van der Waals surface area (Å²) in [7, 11) is 0. The van der Waals surface area contributed by atoms with Gasteiger partial charge >= 0.3 is 0 Å². The minimum Gasteiger partial charge on any atom is -0.385 e. The van der Waals surface area contributed by atoms with Gasteiger partial charge in [0.1, 0.15) is 5.78 Å². The fourth-order valence-corrected chi connectivity index (χ4v) is 8.72. The molecule has 0 radical (unpaired) electrons. The van der Waals surface area contributed by atoms with Gasteiger partial charge in [-0.15, -0.1) is 0 Å². The molecule has 4 aliphatic carbocycles. The van der Waals surface area contributed by atoms with E-state index in [4.69, 9.17) is 0 Å². The van der Waals surface area contributed by atoms with E-state index >= 15 is 0 Å². The second kappa shape index (κ2) is 8.08. The Morgan fingerprint density at radius 1 is 1.03 bits per heavy atom. The summed E-state index contributed by atoms with van der Waals surface area (Å²) in [5.74, 6) is 2.77. The number of Topliss-reactive ketones (excluding diaryl/α,β-unsaturated/α-hetero) is 1. The molecule has 0 amide bonds. The van der Waals surface area contributed by atoms with Gasteiger partial charge in [0.05, 0.1) is 11.2 Å². The summed E-state index contributed by atoms with van der Waals surface area (Å²) in [4.78, 5) is 12.2. The molecule has 3 saturated carbocycles. The first-order chi connectivity index (χ1) is 14.9. The highest BCUT2D eigenvalue weighted by molar-refractivity contribution is 5.81. The highest BCUT2D eigenvalue weighted by atomic mass is 16.3. The average molecular weight is 443 g/mol. The molecule has 3 fully saturated rings. The Kier molecular flexibility index (Phi) is 6.11. The number of carbonyl (C=O) groups excluding carboxylic acids is 1. The first kappa shape index (κ1) is 24.2. The number of ketones is 1. The zero-order valence-electron chi connectivity index (χ0n) is 21.2. The summed E-state index contributed by atoms with van der Waals surface area (Å²) in [5.41, 5.74) is -2.31. The van der Waals surface area contributed by atoms with E-state index in [1.54, 1.807) is 0 Å². The summed E-state index contributed by atoms with van der Waals surface area (Å²) in [6.45, 7) is 13.8. The fourth-order valence-electron chi connectivity index (χ4n) is 8.72. The lowest BCUT2D eigenvalue weighted by molar-refractivity contribution is -0.209. The minimum absolute atomic E-state index is 0.0196. The van der Waals surface area contributed by atoms with Crippen molar-refractivity contribution in [2.24, 2.45) is 46.3 Å². The van der Waals surface area contributed by atoms with Gasteiger partial charge in [0.15, 0.2) is 0 Å². The minimum atomic E-state index is -1.10. The Balaban J connectivity index is 1.62. The second-order valence-electron chi connectivity index (χ2n) is 12.7. The van der Waals surface area contributed by atoms with E-state index in [0.717, 1.165) is 25.7 Å². The van der Waals surface area contributed by atoms with Crippen molar-refractivity contribution in [3.8, 4) is 0 Å². The Bertz CT molecular complexity index is 798. The molecule has 9 unspecified atom stereocenters. The van der Waals surface area contributed by atoms with Gasteiger partial charge in [0.2, 0.25) is 0 Å². The van der Waals surface area contributed by atoms with E-state index in [1.165, 1.54) is 6.42 Å². The van der Waals surface area contributed by atoms with Crippen LogP contribution in [0.4, 0.5) is 0 Å². The molecule has 4 aliphatic rings. The topological polar surface area (TPSA) is 57.5 Å². The van der Waals surface area contributed by atoms with E-state index < -0.39 is 16.6 Å². The lowest BCUT2D eigenvalue weighted by atomic mass is 9.43. The van der Waals surface area contributed by atoms with Gasteiger partial charge in [-0.3, -0.25) is 4.79 Å². The van der Waals surface area contributed by atoms with Gasteiger partial charge in [-0.25, -0.2) is 0 Å². The third-order valence-corrected chi connectivity index (χ3v) is 10.9. The molecule has 3 heteroatoms. The predicted molar refractivity (Wildman–Crippen MR) is 130 cm³/mol. The Hall–Kier alpha value is -0.930. The van der Waals surface area contributed by atoms with Crippen LogP contribution in [-0.4, -0.2) is 27.2 Å². The molecule has 0 aliphatic heterocycles. The summed E-state index contributed by atoms with van der Waals surface area (Å²) < 4.78 is 0. The number of rotatable bonds is 5. The molecule has 0 saturated heterocycles. The summed E-state index contributed by atoms with van der Waals surface area (Å²) in [5, 5.41) is 23.7. The number of fused-ring (bicyclic) bond motifs is 5. The zero-order valence-corrected chi connectivity index (χ0v) is 21.2. The van der Waals surface area contributed by atoms with Crippen LogP contribution in [0.25, 0.3) is 0 Å². The van der Waals surface area contributed by atoms with Crippen LogP contribution < -0.4 is 0 Å². The van der Waals surface area contributed by atoms with Crippen molar-refractivity contribution in [3.63, 3.8) is 0 Å². The van der Waals surface area contributed by atoms with Crippen LogP contribution in [-0.2, 0) is 4.79 Å². The molecule has 0 aromatic rings. The Morgan fingerprint density at radius 2 is 1.75 bits per heavy atom. The Morgan fingerprint density at radius 3 is 2.41 bits per heavy atom. The van der Waals surface area contributed by atoms with Crippen LogP contribution >= 0.6 is 0 Å². The van der Waals surface area contributed by atoms with Crippen molar-refractivity contribution >= 4 is 5.78 Å². The van der Waals surface area contributed by atoms with Crippen molar-refractivity contribution in [1.82, 2.24) is 0 Å². The number of aliphatic hydroxyl groups is 2. The van der Waals surface area contributed by atoms with Crippen molar-refractivity contribution in [2.75, 3.05) is 0 Å². The van der Waals surface area contributed by atoms with Crippen LogP contribution in [0, 0.1) is 46.3 Å².